The lowest BCUT2D eigenvalue weighted by atomic mass is 10.3. The van der Waals surface area contributed by atoms with E-state index in [0.29, 0.717) is 10.7 Å². The molecule has 0 aliphatic heterocycles. The average molecular weight is 299 g/mol. The van der Waals surface area contributed by atoms with Crippen molar-refractivity contribution in [2.45, 2.75) is 0 Å². The zero-order valence-corrected chi connectivity index (χ0v) is 11.7. The monoisotopic (exact) mass is 298 g/mol. The molecule has 0 spiro atoms. The van der Waals surface area contributed by atoms with Crippen LogP contribution in [0, 0.1) is 0 Å². The summed E-state index contributed by atoms with van der Waals surface area (Å²) in [5, 5.41) is 11.6. The number of halogens is 1. The minimum absolute atomic E-state index is 0.244. The first-order valence-corrected chi connectivity index (χ1v) is 6.65. The summed E-state index contributed by atoms with van der Waals surface area (Å²) in [6.45, 7) is 0. The Morgan fingerprint density at radius 3 is 2.48 bits per heavy atom. The summed E-state index contributed by atoms with van der Waals surface area (Å²) in [6, 6.07) is 16.3. The molecule has 1 heterocycles. The Bertz CT molecular complexity index is 753. The molecule has 0 unspecified atom stereocenters. The van der Waals surface area contributed by atoms with Gasteiger partial charge in [0.2, 0.25) is 0 Å². The standard InChI is InChI=1S/C15H11ClN4O/c16-11-6-8-12(9-7-11)18-15(21)14-10-17-20(19-14)13-4-2-1-3-5-13/h1-10H,(H,18,21). The van der Waals surface area contributed by atoms with E-state index in [-0.39, 0.29) is 11.6 Å². The Kier molecular flexibility index (Phi) is 3.66. The summed E-state index contributed by atoms with van der Waals surface area (Å²) in [5.41, 5.74) is 1.69. The molecule has 0 aliphatic carbocycles. The second-order valence-corrected chi connectivity index (χ2v) is 4.75. The van der Waals surface area contributed by atoms with Gasteiger partial charge in [0.25, 0.3) is 5.91 Å². The number of benzene rings is 2. The summed E-state index contributed by atoms with van der Waals surface area (Å²) in [6.07, 6.45) is 1.43. The normalized spacial score (nSPS) is 10.3. The van der Waals surface area contributed by atoms with Gasteiger partial charge in [0.1, 0.15) is 0 Å². The molecular weight excluding hydrogens is 288 g/mol. The van der Waals surface area contributed by atoms with Crippen LogP contribution in [0.15, 0.2) is 60.8 Å². The van der Waals surface area contributed by atoms with Gasteiger partial charge in [0.05, 0.1) is 11.9 Å². The predicted molar refractivity (Wildman–Crippen MR) is 80.8 cm³/mol. The smallest absolute Gasteiger partial charge is 0.277 e. The van der Waals surface area contributed by atoms with Crippen molar-refractivity contribution in [2.75, 3.05) is 5.32 Å². The lowest BCUT2D eigenvalue weighted by Gasteiger charge is -2.02. The van der Waals surface area contributed by atoms with Gasteiger partial charge >= 0.3 is 0 Å². The van der Waals surface area contributed by atoms with Gasteiger partial charge in [-0.1, -0.05) is 29.8 Å². The number of nitrogens with zero attached hydrogens (tertiary/aromatic N) is 3. The number of para-hydroxylation sites is 1. The van der Waals surface area contributed by atoms with E-state index in [0.717, 1.165) is 5.69 Å². The number of amides is 1. The molecule has 2 aromatic carbocycles. The molecule has 6 heteroatoms. The molecule has 0 saturated heterocycles. The molecule has 1 N–H and O–H groups in total. The molecule has 0 bridgehead atoms. The minimum atomic E-state index is -0.320. The first-order chi connectivity index (χ1) is 10.2. The van der Waals surface area contributed by atoms with Gasteiger partial charge in [-0.2, -0.15) is 9.90 Å². The second-order valence-electron chi connectivity index (χ2n) is 4.32. The summed E-state index contributed by atoms with van der Waals surface area (Å²) < 4.78 is 0. The number of hydrogen-bond donors (Lipinski definition) is 1. The van der Waals surface area contributed by atoms with E-state index < -0.39 is 0 Å². The molecule has 0 saturated carbocycles. The number of hydrogen-bond acceptors (Lipinski definition) is 3. The van der Waals surface area contributed by atoms with Gasteiger partial charge in [-0.05, 0) is 36.4 Å². The van der Waals surface area contributed by atoms with E-state index in [9.17, 15) is 4.79 Å². The summed E-state index contributed by atoms with van der Waals surface area (Å²) in [4.78, 5) is 13.5. The van der Waals surface area contributed by atoms with Gasteiger partial charge in [-0.15, -0.1) is 5.10 Å². The van der Waals surface area contributed by atoms with Gasteiger partial charge < -0.3 is 5.32 Å². The molecule has 3 rings (SSSR count). The van der Waals surface area contributed by atoms with Crippen molar-refractivity contribution >= 4 is 23.2 Å². The fourth-order valence-corrected chi connectivity index (χ4v) is 1.91. The van der Waals surface area contributed by atoms with Crippen LogP contribution in [0.25, 0.3) is 5.69 Å². The quantitative estimate of drug-likeness (QED) is 0.808. The van der Waals surface area contributed by atoms with Crippen LogP contribution in [-0.2, 0) is 0 Å². The zero-order chi connectivity index (χ0) is 14.7. The molecule has 5 nitrogen and oxygen atoms in total. The predicted octanol–water partition coefficient (Wildman–Crippen LogP) is 3.17. The Balaban J connectivity index is 1.77. The molecule has 0 aliphatic rings. The summed E-state index contributed by atoms with van der Waals surface area (Å²) in [7, 11) is 0. The summed E-state index contributed by atoms with van der Waals surface area (Å²) in [5.74, 6) is -0.320. The second kappa shape index (κ2) is 5.76. The van der Waals surface area contributed by atoms with E-state index in [2.05, 4.69) is 15.5 Å². The van der Waals surface area contributed by atoms with Crippen molar-refractivity contribution in [2.24, 2.45) is 0 Å². The van der Waals surface area contributed by atoms with Gasteiger partial charge in [-0.25, -0.2) is 0 Å². The maximum absolute atomic E-state index is 12.1. The van der Waals surface area contributed by atoms with E-state index in [1.807, 2.05) is 30.3 Å². The van der Waals surface area contributed by atoms with Crippen LogP contribution >= 0.6 is 11.6 Å². The first-order valence-electron chi connectivity index (χ1n) is 6.27. The Morgan fingerprint density at radius 1 is 1.05 bits per heavy atom. The van der Waals surface area contributed by atoms with Crippen molar-refractivity contribution in [3.8, 4) is 5.69 Å². The number of anilines is 1. The third kappa shape index (κ3) is 3.09. The highest BCUT2D eigenvalue weighted by atomic mass is 35.5. The largest absolute Gasteiger partial charge is 0.321 e. The number of carbonyl (C=O) groups excluding carboxylic acids is 1. The van der Waals surface area contributed by atoms with E-state index in [4.69, 9.17) is 11.6 Å². The lowest BCUT2D eigenvalue weighted by Crippen LogP contribution is -2.13. The molecule has 1 aromatic heterocycles. The van der Waals surface area contributed by atoms with Crippen LogP contribution in [0.5, 0.6) is 0 Å². The van der Waals surface area contributed by atoms with Gasteiger partial charge in [-0.3, -0.25) is 4.79 Å². The molecule has 0 radical (unpaired) electrons. The fraction of sp³-hybridized carbons (Fsp3) is 0. The van der Waals surface area contributed by atoms with E-state index in [1.54, 1.807) is 24.3 Å². The van der Waals surface area contributed by atoms with Crippen LogP contribution in [0.1, 0.15) is 10.5 Å². The maximum Gasteiger partial charge on any atom is 0.277 e. The van der Waals surface area contributed by atoms with Crippen LogP contribution in [0.2, 0.25) is 5.02 Å². The van der Waals surface area contributed by atoms with Crippen molar-refractivity contribution in [1.29, 1.82) is 0 Å². The highest BCUT2D eigenvalue weighted by Gasteiger charge is 2.11. The van der Waals surface area contributed by atoms with Gasteiger partial charge in [0.15, 0.2) is 5.69 Å². The molecule has 3 aromatic rings. The Morgan fingerprint density at radius 2 is 1.76 bits per heavy atom. The number of aromatic nitrogens is 3. The Labute approximate surface area is 126 Å². The summed E-state index contributed by atoms with van der Waals surface area (Å²) >= 11 is 5.80. The van der Waals surface area contributed by atoms with Crippen LogP contribution in [0.4, 0.5) is 5.69 Å². The van der Waals surface area contributed by atoms with E-state index >= 15 is 0 Å². The number of rotatable bonds is 3. The van der Waals surface area contributed by atoms with Crippen molar-refractivity contribution < 1.29 is 4.79 Å². The third-order valence-corrected chi connectivity index (χ3v) is 3.07. The van der Waals surface area contributed by atoms with E-state index in [1.165, 1.54) is 11.0 Å². The first kappa shape index (κ1) is 13.3. The molecule has 21 heavy (non-hydrogen) atoms. The number of carbonyl (C=O) groups is 1. The molecule has 1 amide bonds. The highest BCUT2D eigenvalue weighted by Crippen LogP contribution is 2.14. The van der Waals surface area contributed by atoms with Crippen LogP contribution in [0.3, 0.4) is 0 Å². The van der Waals surface area contributed by atoms with Crippen molar-refractivity contribution in [3.63, 3.8) is 0 Å². The number of nitrogens with one attached hydrogen (secondary N) is 1. The topological polar surface area (TPSA) is 59.8 Å². The Hall–Kier alpha value is -2.66. The van der Waals surface area contributed by atoms with Crippen LogP contribution in [-0.4, -0.2) is 20.9 Å². The maximum atomic E-state index is 12.1. The van der Waals surface area contributed by atoms with Gasteiger partial charge in [0, 0.05) is 10.7 Å². The van der Waals surface area contributed by atoms with Crippen LogP contribution < -0.4 is 5.32 Å². The lowest BCUT2D eigenvalue weighted by molar-refractivity contribution is 0.102. The third-order valence-electron chi connectivity index (χ3n) is 2.81. The highest BCUT2D eigenvalue weighted by molar-refractivity contribution is 6.30. The average Bonchev–Trinajstić information content (AvgIpc) is 3.00. The molecule has 0 atom stereocenters. The van der Waals surface area contributed by atoms with Crippen molar-refractivity contribution in [1.82, 2.24) is 15.0 Å². The SMILES string of the molecule is O=C(Nc1ccc(Cl)cc1)c1cnn(-c2ccccc2)n1. The molecule has 104 valence electrons. The van der Waals surface area contributed by atoms with Crippen molar-refractivity contribution in [3.05, 3.63) is 71.5 Å². The minimum Gasteiger partial charge on any atom is -0.321 e. The fourth-order valence-electron chi connectivity index (χ4n) is 1.78. The molecular formula is C15H11ClN4O. The zero-order valence-electron chi connectivity index (χ0n) is 10.9. The molecule has 0 fully saturated rings.